The number of halogens is 2. The van der Waals surface area contributed by atoms with Crippen LogP contribution in [0.4, 0.5) is 11.4 Å². The molecule has 2 aromatic rings. The molecule has 8 heteroatoms. The number of hydrogen-bond donors (Lipinski definition) is 1. The summed E-state index contributed by atoms with van der Waals surface area (Å²) in [5, 5.41) is 3.28. The van der Waals surface area contributed by atoms with Crippen LogP contribution in [0.2, 0.25) is 10.0 Å². The number of rotatable bonds is 3. The van der Waals surface area contributed by atoms with Crippen molar-refractivity contribution in [3.63, 3.8) is 0 Å². The summed E-state index contributed by atoms with van der Waals surface area (Å²) in [6.07, 6.45) is 0.133. The molecule has 2 amide bonds. The van der Waals surface area contributed by atoms with Gasteiger partial charge in [-0.25, -0.2) is 4.79 Å². The normalized spacial score (nSPS) is 16.2. The van der Waals surface area contributed by atoms with Crippen molar-refractivity contribution in [3.8, 4) is 0 Å². The molecule has 0 spiro atoms. The fourth-order valence-corrected chi connectivity index (χ4v) is 3.26. The molecule has 1 aliphatic rings. The summed E-state index contributed by atoms with van der Waals surface area (Å²) in [5.74, 6) is -1.38. The zero-order valence-corrected chi connectivity index (χ0v) is 15.9. The highest BCUT2D eigenvalue weighted by molar-refractivity contribution is 6.35. The van der Waals surface area contributed by atoms with E-state index >= 15 is 0 Å². The number of nitrogens with zero attached hydrogens (tertiary/aromatic N) is 1. The smallest absolute Gasteiger partial charge is 0.340 e. The molecule has 0 aromatic heterocycles. The fraction of sp³-hybridized carbons (Fsp3) is 0.211. The highest BCUT2D eigenvalue weighted by Gasteiger charge is 2.30. The van der Waals surface area contributed by atoms with Crippen molar-refractivity contribution in [1.29, 1.82) is 0 Å². The fourth-order valence-electron chi connectivity index (χ4n) is 2.90. The second-order valence-corrected chi connectivity index (χ2v) is 6.93. The van der Waals surface area contributed by atoms with E-state index in [0.717, 1.165) is 0 Å². The van der Waals surface area contributed by atoms with Crippen LogP contribution in [0.3, 0.4) is 0 Å². The second-order valence-electron chi connectivity index (χ2n) is 6.08. The van der Waals surface area contributed by atoms with Crippen LogP contribution in [-0.4, -0.2) is 30.4 Å². The summed E-state index contributed by atoms with van der Waals surface area (Å²) in [7, 11) is 0. The maximum Gasteiger partial charge on any atom is 0.340 e. The lowest BCUT2D eigenvalue weighted by atomic mass is 10.1. The molecular weight excluding hydrogens is 391 g/mol. The predicted molar refractivity (Wildman–Crippen MR) is 103 cm³/mol. The minimum absolute atomic E-state index is 0.0816. The van der Waals surface area contributed by atoms with Gasteiger partial charge in [-0.05, 0) is 37.3 Å². The van der Waals surface area contributed by atoms with Gasteiger partial charge in [-0.2, -0.15) is 0 Å². The van der Waals surface area contributed by atoms with Gasteiger partial charge in [0.05, 0.1) is 22.0 Å². The number of fused-ring (bicyclic) bond motifs is 1. The van der Waals surface area contributed by atoms with Crippen LogP contribution in [0.5, 0.6) is 0 Å². The molecule has 27 heavy (non-hydrogen) atoms. The number of carbonyl (C=O) groups excluding carboxylic acids is 3. The van der Waals surface area contributed by atoms with Crippen molar-refractivity contribution in [1.82, 2.24) is 0 Å². The summed E-state index contributed by atoms with van der Waals surface area (Å²) >= 11 is 11.9. The van der Waals surface area contributed by atoms with Crippen LogP contribution >= 0.6 is 23.2 Å². The molecule has 1 unspecified atom stereocenters. The van der Waals surface area contributed by atoms with Gasteiger partial charge in [-0.3, -0.25) is 9.59 Å². The summed E-state index contributed by atoms with van der Waals surface area (Å²) in [5.41, 5.74) is 1.17. The van der Waals surface area contributed by atoms with Crippen LogP contribution in [0.25, 0.3) is 0 Å². The lowest BCUT2D eigenvalue weighted by Gasteiger charge is -2.27. The summed E-state index contributed by atoms with van der Waals surface area (Å²) < 4.78 is 5.13. The molecule has 0 saturated heterocycles. The number of amides is 2. The molecule has 0 radical (unpaired) electrons. The van der Waals surface area contributed by atoms with Crippen LogP contribution in [-0.2, 0) is 14.3 Å². The minimum Gasteiger partial charge on any atom is -0.452 e. The number of anilines is 2. The Hall–Kier alpha value is -2.57. The van der Waals surface area contributed by atoms with Gasteiger partial charge < -0.3 is 15.0 Å². The average molecular weight is 407 g/mol. The Labute approximate surface area is 166 Å². The number of esters is 1. The molecule has 1 atom stereocenters. The Morgan fingerprint density at radius 3 is 2.74 bits per heavy atom. The third-order valence-corrected chi connectivity index (χ3v) is 4.67. The molecule has 0 saturated carbocycles. The molecule has 6 nitrogen and oxygen atoms in total. The molecule has 0 fully saturated rings. The molecular formula is C19H16Cl2N2O4. The first-order chi connectivity index (χ1) is 12.9. The van der Waals surface area contributed by atoms with E-state index in [9.17, 15) is 14.4 Å². The van der Waals surface area contributed by atoms with Crippen molar-refractivity contribution >= 4 is 52.4 Å². The number of ether oxygens (including phenoxy) is 1. The molecule has 0 aliphatic carbocycles. The molecule has 1 aliphatic heterocycles. The standard InChI is InChI=1S/C19H16Cl2N2O4/c1-11-8-17(24)22-15-4-2-3-5-16(15)23(11)18(25)10-27-19(26)13-9-12(20)6-7-14(13)21/h2-7,9,11H,8,10H2,1H3,(H,22,24). The quantitative estimate of drug-likeness (QED) is 0.783. The summed E-state index contributed by atoms with van der Waals surface area (Å²) in [6.45, 7) is 1.27. The van der Waals surface area contributed by atoms with Crippen LogP contribution in [0, 0.1) is 0 Å². The number of benzene rings is 2. The van der Waals surface area contributed by atoms with E-state index in [1.807, 2.05) is 0 Å². The molecule has 140 valence electrons. The number of nitrogens with one attached hydrogen (secondary N) is 1. The topological polar surface area (TPSA) is 75.7 Å². The SMILES string of the molecule is CC1CC(=O)Nc2ccccc2N1C(=O)COC(=O)c1cc(Cl)ccc1Cl. The van der Waals surface area contributed by atoms with Crippen LogP contribution in [0.1, 0.15) is 23.7 Å². The minimum atomic E-state index is -0.749. The zero-order valence-electron chi connectivity index (χ0n) is 14.4. The van der Waals surface area contributed by atoms with E-state index in [0.29, 0.717) is 16.4 Å². The van der Waals surface area contributed by atoms with Crippen LogP contribution in [0.15, 0.2) is 42.5 Å². The first-order valence-corrected chi connectivity index (χ1v) is 8.95. The monoisotopic (exact) mass is 406 g/mol. The first kappa shape index (κ1) is 19.2. The number of para-hydroxylation sites is 2. The van der Waals surface area contributed by atoms with Gasteiger partial charge in [0, 0.05) is 17.5 Å². The Morgan fingerprint density at radius 1 is 1.22 bits per heavy atom. The van der Waals surface area contributed by atoms with E-state index in [1.165, 1.54) is 17.0 Å². The van der Waals surface area contributed by atoms with Gasteiger partial charge in [0.2, 0.25) is 5.91 Å². The maximum absolute atomic E-state index is 12.8. The summed E-state index contributed by atoms with van der Waals surface area (Å²) in [6, 6.07) is 11.0. The van der Waals surface area contributed by atoms with Gasteiger partial charge in [0.1, 0.15) is 0 Å². The van der Waals surface area contributed by atoms with Gasteiger partial charge in [-0.1, -0.05) is 35.3 Å². The van der Waals surface area contributed by atoms with E-state index < -0.39 is 24.5 Å². The van der Waals surface area contributed by atoms with E-state index in [4.69, 9.17) is 27.9 Å². The van der Waals surface area contributed by atoms with Crippen molar-refractivity contribution in [3.05, 3.63) is 58.1 Å². The largest absolute Gasteiger partial charge is 0.452 e. The third kappa shape index (κ3) is 4.23. The van der Waals surface area contributed by atoms with Crippen molar-refractivity contribution < 1.29 is 19.1 Å². The van der Waals surface area contributed by atoms with Crippen molar-refractivity contribution in [2.24, 2.45) is 0 Å². The van der Waals surface area contributed by atoms with Crippen molar-refractivity contribution in [2.75, 3.05) is 16.8 Å². The molecule has 0 bridgehead atoms. The Kier molecular flexibility index (Phi) is 5.68. The number of carbonyl (C=O) groups is 3. The van der Waals surface area contributed by atoms with Gasteiger partial charge >= 0.3 is 5.97 Å². The molecule has 3 rings (SSSR count). The third-order valence-electron chi connectivity index (χ3n) is 4.10. The Morgan fingerprint density at radius 2 is 1.96 bits per heavy atom. The highest BCUT2D eigenvalue weighted by atomic mass is 35.5. The van der Waals surface area contributed by atoms with Gasteiger partial charge in [0.25, 0.3) is 5.91 Å². The maximum atomic E-state index is 12.8. The lowest BCUT2D eigenvalue weighted by molar-refractivity contribution is -0.122. The molecule has 2 aromatic carbocycles. The number of hydrogen-bond acceptors (Lipinski definition) is 4. The predicted octanol–water partition coefficient (Wildman–Crippen LogP) is 3.91. The van der Waals surface area contributed by atoms with Crippen molar-refractivity contribution in [2.45, 2.75) is 19.4 Å². The zero-order chi connectivity index (χ0) is 19.6. The lowest BCUT2D eigenvalue weighted by Crippen LogP contribution is -2.41. The average Bonchev–Trinajstić information content (AvgIpc) is 2.75. The van der Waals surface area contributed by atoms with Crippen LogP contribution < -0.4 is 10.2 Å². The highest BCUT2D eigenvalue weighted by Crippen LogP contribution is 2.31. The second kappa shape index (κ2) is 7.98. The van der Waals surface area contributed by atoms with Gasteiger partial charge in [-0.15, -0.1) is 0 Å². The molecule has 1 heterocycles. The van der Waals surface area contributed by atoms with Gasteiger partial charge in [0.15, 0.2) is 6.61 Å². The summed E-state index contributed by atoms with van der Waals surface area (Å²) in [4.78, 5) is 38.5. The van der Waals surface area contributed by atoms with E-state index in [2.05, 4.69) is 5.32 Å². The Bertz CT molecular complexity index is 916. The van der Waals surface area contributed by atoms with E-state index in [-0.39, 0.29) is 22.9 Å². The first-order valence-electron chi connectivity index (χ1n) is 8.20. The van der Waals surface area contributed by atoms with E-state index in [1.54, 1.807) is 37.3 Å². The Balaban J connectivity index is 1.78. The molecule has 1 N–H and O–H groups in total.